The lowest BCUT2D eigenvalue weighted by Crippen LogP contribution is -2.30. The predicted octanol–water partition coefficient (Wildman–Crippen LogP) is 17.3. The second-order valence-electron chi connectivity index (χ2n) is 17.5. The number of ether oxygens (including phenoxy) is 3. The monoisotopic (exact) mass is 867 g/mol. The summed E-state index contributed by atoms with van der Waals surface area (Å²) in [6, 6.07) is 0. The van der Waals surface area contributed by atoms with Crippen LogP contribution >= 0.6 is 0 Å². The van der Waals surface area contributed by atoms with Gasteiger partial charge in [0.2, 0.25) is 0 Å². The summed E-state index contributed by atoms with van der Waals surface area (Å²) in [5.74, 6) is -0.917. The lowest BCUT2D eigenvalue weighted by molar-refractivity contribution is -0.167. The molecule has 0 aliphatic heterocycles. The van der Waals surface area contributed by atoms with E-state index >= 15 is 0 Å². The average Bonchev–Trinajstić information content (AvgIpc) is 3.27. The van der Waals surface area contributed by atoms with Crippen LogP contribution in [0.2, 0.25) is 0 Å². The maximum absolute atomic E-state index is 12.8. The second kappa shape index (κ2) is 50.8. The highest BCUT2D eigenvalue weighted by Gasteiger charge is 2.19. The van der Waals surface area contributed by atoms with E-state index in [1.807, 2.05) is 0 Å². The Kier molecular flexibility index (Phi) is 48.4. The lowest BCUT2D eigenvalue weighted by atomic mass is 10.0. The topological polar surface area (TPSA) is 78.9 Å². The zero-order chi connectivity index (χ0) is 45.1. The van der Waals surface area contributed by atoms with Gasteiger partial charge in [0.1, 0.15) is 13.2 Å². The second-order valence-corrected chi connectivity index (χ2v) is 17.5. The van der Waals surface area contributed by atoms with Crippen molar-refractivity contribution in [2.24, 2.45) is 0 Å². The van der Waals surface area contributed by atoms with Gasteiger partial charge in [-0.15, -0.1) is 0 Å². The van der Waals surface area contributed by atoms with Gasteiger partial charge >= 0.3 is 17.9 Å². The number of allylic oxidation sites excluding steroid dienone is 10. The Bertz CT molecular complexity index is 1130. The largest absolute Gasteiger partial charge is 0.462 e. The molecule has 1 unspecified atom stereocenters. The van der Waals surface area contributed by atoms with E-state index in [1.165, 1.54) is 116 Å². The van der Waals surface area contributed by atoms with Crippen molar-refractivity contribution >= 4 is 17.9 Å². The molecule has 0 aliphatic carbocycles. The zero-order valence-corrected chi connectivity index (χ0v) is 40.9. The molecular weight excluding hydrogens is 769 g/mol. The van der Waals surface area contributed by atoms with E-state index in [2.05, 4.69) is 81.5 Å². The highest BCUT2D eigenvalue weighted by Crippen LogP contribution is 2.15. The van der Waals surface area contributed by atoms with Crippen molar-refractivity contribution in [3.05, 3.63) is 60.8 Å². The van der Waals surface area contributed by atoms with Gasteiger partial charge in [-0.05, 0) is 64.2 Å². The van der Waals surface area contributed by atoms with Crippen LogP contribution in [0.15, 0.2) is 60.8 Å². The van der Waals surface area contributed by atoms with Crippen molar-refractivity contribution < 1.29 is 28.6 Å². The van der Waals surface area contributed by atoms with Gasteiger partial charge in [-0.3, -0.25) is 14.4 Å². The molecule has 0 saturated heterocycles. The SMILES string of the molecule is CC\C=C/C=C\C=C/CCCCCCCC(=O)OC(COC(=O)CCCCCCC/C=C\C=C/CCCCCCCCC)COC(=O)CCCCCCCCCCCCCCC. The van der Waals surface area contributed by atoms with Crippen LogP contribution in [0.3, 0.4) is 0 Å². The first-order chi connectivity index (χ1) is 30.5. The smallest absolute Gasteiger partial charge is 0.306 e. The Morgan fingerprint density at radius 3 is 0.984 bits per heavy atom. The van der Waals surface area contributed by atoms with E-state index in [9.17, 15) is 14.4 Å². The fourth-order valence-electron chi connectivity index (χ4n) is 7.37. The van der Waals surface area contributed by atoms with Gasteiger partial charge in [0.15, 0.2) is 6.10 Å². The fraction of sp³-hybridized carbons (Fsp3) is 0.768. The van der Waals surface area contributed by atoms with Gasteiger partial charge in [-0.1, -0.05) is 236 Å². The van der Waals surface area contributed by atoms with Crippen LogP contribution in [0, 0.1) is 0 Å². The van der Waals surface area contributed by atoms with Gasteiger partial charge < -0.3 is 14.2 Å². The van der Waals surface area contributed by atoms with Gasteiger partial charge in [-0.25, -0.2) is 0 Å². The normalized spacial score (nSPS) is 12.5. The van der Waals surface area contributed by atoms with E-state index in [-0.39, 0.29) is 31.1 Å². The van der Waals surface area contributed by atoms with Gasteiger partial charge in [0, 0.05) is 19.3 Å². The van der Waals surface area contributed by atoms with Crippen molar-refractivity contribution in [2.75, 3.05) is 13.2 Å². The Hall–Kier alpha value is -2.89. The third-order valence-electron chi connectivity index (χ3n) is 11.3. The number of hydrogen-bond donors (Lipinski definition) is 0. The van der Waals surface area contributed by atoms with E-state index in [0.29, 0.717) is 19.3 Å². The first-order valence-electron chi connectivity index (χ1n) is 26.3. The van der Waals surface area contributed by atoms with Crippen LogP contribution in [0.4, 0.5) is 0 Å². The molecule has 0 aliphatic rings. The van der Waals surface area contributed by atoms with Crippen molar-refractivity contribution in [3.63, 3.8) is 0 Å². The summed E-state index contributed by atoms with van der Waals surface area (Å²) < 4.78 is 16.8. The van der Waals surface area contributed by atoms with Crippen LogP contribution in [-0.2, 0) is 28.6 Å². The van der Waals surface area contributed by atoms with Gasteiger partial charge in [0.05, 0.1) is 0 Å². The van der Waals surface area contributed by atoms with Gasteiger partial charge in [0.25, 0.3) is 0 Å². The number of rotatable bonds is 47. The zero-order valence-electron chi connectivity index (χ0n) is 40.9. The molecule has 0 aromatic rings. The summed E-state index contributed by atoms with van der Waals surface area (Å²) >= 11 is 0. The van der Waals surface area contributed by atoms with Crippen molar-refractivity contribution in [1.29, 1.82) is 0 Å². The first-order valence-corrected chi connectivity index (χ1v) is 26.3. The van der Waals surface area contributed by atoms with Crippen LogP contribution < -0.4 is 0 Å². The quantitative estimate of drug-likeness (QED) is 0.0262. The third-order valence-corrected chi connectivity index (χ3v) is 11.3. The van der Waals surface area contributed by atoms with Crippen LogP contribution in [0.1, 0.15) is 258 Å². The lowest BCUT2D eigenvalue weighted by Gasteiger charge is -2.18. The molecule has 0 aromatic heterocycles. The molecule has 0 spiro atoms. The Morgan fingerprint density at radius 2 is 0.629 bits per heavy atom. The first kappa shape index (κ1) is 59.1. The summed E-state index contributed by atoms with van der Waals surface area (Å²) in [4.78, 5) is 38.0. The molecule has 0 heterocycles. The summed E-state index contributed by atoms with van der Waals surface area (Å²) in [6.45, 7) is 6.48. The summed E-state index contributed by atoms with van der Waals surface area (Å²) in [5.41, 5.74) is 0. The molecule has 6 nitrogen and oxygen atoms in total. The molecule has 358 valence electrons. The van der Waals surface area contributed by atoms with Crippen LogP contribution in [0.25, 0.3) is 0 Å². The number of carbonyl (C=O) groups excluding carboxylic acids is 3. The van der Waals surface area contributed by atoms with Crippen LogP contribution in [0.5, 0.6) is 0 Å². The molecular formula is C56H98O6. The molecule has 62 heavy (non-hydrogen) atoms. The summed E-state index contributed by atoms with van der Waals surface area (Å²) in [7, 11) is 0. The Balaban J connectivity index is 4.40. The maximum Gasteiger partial charge on any atom is 0.306 e. The van der Waals surface area contributed by atoms with Crippen molar-refractivity contribution in [3.8, 4) is 0 Å². The number of esters is 3. The molecule has 0 fully saturated rings. The number of unbranched alkanes of at least 4 members (excludes halogenated alkanes) is 29. The van der Waals surface area contributed by atoms with Gasteiger partial charge in [-0.2, -0.15) is 0 Å². The maximum atomic E-state index is 12.8. The van der Waals surface area contributed by atoms with Crippen molar-refractivity contribution in [1.82, 2.24) is 0 Å². The molecule has 0 N–H and O–H groups in total. The average molecular weight is 867 g/mol. The molecule has 0 amide bonds. The summed E-state index contributed by atoms with van der Waals surface area (Å²) in [6.07, 6.45) is 62.0. The standard InChI is InChI=1S/C56H98O6/c1-4-7-10-13-16-19-22-25-26-27-28-29-32-34-37-40-43-46-49-55(58)61-52-53(62-56(59)50-47-44-41-38-35-31-24-21-18-15-12-9-6-3)51-60-54(57)48-45-42-39-36-33-30-23-20-17-14-11-8-5-2/h9,12,15,18,21,24,26-29,53H,4-8,10-11,13-14,16-17,19-20,22-23,25,30-52H2,1-3H3/b12-9-,18-15-,24-21-,27-26-,29-28-. The molecule has 1 atom stereocenters. The number of carbonyl (C=O) groups is 3. The third kappa shape index (κ3) is 48.1. The minimum Gasteiger partial charge on any atom is -0.462 e. The predicted molar refractivity (Wildman–Crippen MR) is 265 cm³/mol. The van der Waals surface area contributed by atoms with E-state index in [0.717, 1.165) is 103 Å². The van der Waals surface area contributed by atoms with Crippen molar-refractivity contribution in [2.45, 2.75) is 264 Å². The molecule has 0 bridgehead atoms. The van der Waals surface area contributed by atoms with Crippen LogP contribution in [-0.4, -0.2) is 37.2 Å². The highest BCUT2D eigenvalue weighted by molar-refractivity contribution is 5.71. The Labute approximate surface area is 383 Å². The van der Waals surface area contributed by atoms with E-state index < -0.39 is 6.10 Å². The molecule has 0 rings (SSSR count). The van der Waals surface area contributed by atoms with E-state index in [1.54, 1.807) is 0 Å². The minimum absolute atomic E-state index is 0.0860. The fourth-order valence-corrected chi connectivity index (χ4v) is 7.37. The highest BCUT2D eigenvalue weighted by atomic mass is 16.6. The molecule has 6 heteroatoms. The minimum atomic E-state index is -0.788. The molecule has 0 radical (unpaired) electrons. The summed E-state index contributed by atoms with van der Waals surface area (Å²) in [5, 5.41) is 0. The number of hydrogen-bond acceptors (Lipinski definition) is 6. The Morgan fingerprint density at radius 1 is 0.339 bits per heavy atom. The molecule has 0 aromatic carbocycles. The molecule has 0 saturated carbocycles. The van der Waals surface area contributed by atoms with E-state index in [4.69, 9.17) is 14.2 Å².